The molecule has 0 aromatic carbocycles. The van der Waals surface area contributed by atoms with Crippen molar-refractivity contribution in [1.29, 1.82) is 0 Å². The minimum absolute atomic E-state index is 0.590. The van der Waals surface area contributed by atoms with Crippen molar-refractivity contribution >= 4 is 50.1 Å². The van der Waals surface area contributed by atoms with Crippen molar-refractivity contribution in [2.24, 2.45) is 0 Å². The maximum Gasteiger partial charge on any atom is 0.204 e. The van der Waals surface area contributed by atoms with Crippen LogP contribution in [0, 0.1) is 4.64 Å². The summed E-state index contributed by atoms with van der Waals surface area (Å²) in [6.07, 6.45) is 3.36. The minimum Gasteiger partial charge on any atom is -0.348 e. The van der Waals surface area contributed by atoms with Crippen molar-refractivity contribution in [1.82, 2.24) is 19.9 Å². The number of rotatable bonds is 1. The number of nitrogens with zero attached hydrogens (tertiary/aromatic N) is 4. The second-order valence-corrected chi connectivity index (χ2v) is 5.16. The molecular formula is C10H9N5S2. The highest BCUT2D eigenvalue weighted by Gasteiger charge is 2.11. The maximum absolute atomic E-state index is 5.30. The molecule has 0 fully saturated rings. The molecule has 0 amide bonds. The molecule has 0 saturated heterocycles. The van der Waals surface area contributed by atoms with Gasteiger partial charge in [-0.15, -0.1) is 11.3 Å². The Morgan fingerprint density at radius 1 is 1.29 bits per heavy atom. The van der Waals surface area contributed by atoms with E-state index in [-0.39, 0.29) is 0 Å². The van der Waals surface area contributed by atoms with Crippen molar-refractivity contribution < 1.29 is 0 Å². The van der Waals surface area contributed by atoms with Crippen LogP contribution in [0.4, 0.5) is 5.95 Å². The van der Waals surface area contributed by atoms with E-state index >= 15 is 0 Å². The van der Waals surface area contributed by atoms with E-state index in [2.05, 4.69) is 19.9 Å². The summed E-state index contributed by atoms with van der Waals surface area (Å²) in [4.78, 5) is 19.0. The summed E-state index contributed by atoms with van der Waals surface area (Å²) in [5, 5.41) is 0. The predicted molar refractivity (Wildman–Crippen MR) is 72.2 cm³/mol. The number of aromatic amines is 1. The van der Waals surface area contributed by atoms with Crippen molar-refractivity contribution in [2.45, 2.75) is 0 Å². The van der Waals surface area contributed by atoms with Gasteiger partial charge in [0, 0.05) is 26.5 Å². The summed E-state index contributed by atoms with van der Waals surface area (Å²) in [5.41, 5.74) is 1.77. The smallest absolute Gasteiger partial charge is 0.204 e. The third-order valence-corrected chi connectivity index (χ3v) is 3.91. The van der Waals surface area contributed by atoms with Crippen LogP contribution < -0.4 is 4.90 Å². The SMILES string of the molecule is CN(C)c1nc(=S)c2sc3nccnc3c2[nH]1. The summed E-state index contributed by atoms with van der Waals surface area (Å²) < 4.78 is 1.53. The predicted octanol–water partition coefficient (Wildman–Crippen LogP) is 2.36. The van der Waals surface area contributed by atoms with Crippen LogP contribution in [0.5, 0.6) is 0 Å². The van der Waals surface area contributed by atoms with Gasteiger partial charge in [0.05, 0.1) is 10.2 Å². The van der Waals surface area contributed by atoms with Crippen molar-refractivity contribution in [3.05, 3.63) is 17.0 Å². The van der Waals surface area contributed by atoms with Gasteiger partial charge in [-0.1, -0.05) is 12.2 Å². The van der Waals surface area contributed by atoms with Crippen molar-refractivity contribution in [3.63, 3.8) is 0 Å². The van der Waals surface area contributed by atoms with E-state index in [0.29, 0.717) is 4.64 Å². The molecule has 17 heavy (non-hydrogen) atoms. The first-order valence-corrected chi connectivity index (χ1v) is 6.20. The minimum atomic E-state index is 0.590. The number of hydrogen-bond donors (Lipinski definition) is 1. The lowest BCUT2D eigenvalue weighted by Gasteiger charge is -2.10. The largest absolute Gasteiger partial charge is 0.348 e. The zero-order chi connectivity index (χ0) is 12.0. The van der Waals surface area contributed by atoms with Crippen LogP contribution >= 0.6 is 23.6 Å². The highest BCUT2D eigenvalue weighted by molar-refractivity contribution is 7.71. The van der Waals surface area contributed by atoms with Gasteiger partial charge < -0.3 is 9.88 Å². The molecule has 0 aliphatic rings. The van der Waals surface area contributed by atoms with Crippen LogP contribution in [0.3, 0.4) is 0 Å². The molecule has 3 rings (SSSR count). The number of nitrogens with one attached hydrogen (secondary N) is 1. The Morgan fingerprint density at radius 2 is 2.06 bits per heavy atom. The fraction of sp³-hybridized carbons (Fsp3) is 0.200. The number of anilines is 1. The first-order valence-electron chi connectivity index (χ1n) is 4.97. The molecule has 0 radical (unpaired) electrons. The molecular weight excluding hydrogens is 254 g/mol. The summed E-state index contributed by atoms with van der Waals surface area (Å²) in [7, 11) is 3.83. The molecule has 0 bridgehead atoms. The number of hydrogen-bond acceptors (Lipinski definition) is 6. The summed E-state index contributed by atoms with van der Waals surface area (Å²) >= 11 is 6.82. The molecule has 0 aliphatic heterocycles. The van der Waals surface area contributed by atoms with Crippen LogP contribution in [0.1, 0.15) is 0 Å². The van der Waals surface area contributed by atoms with E-state index in [4.69, 9.17) is 12.2 Å². The van der Waals surface area contributed by atoms with E-state index in [0.717, 1.165) is 26.5 Å². The van der Waals surface area contributed by atoms with E-state index in [1.54, 1.807) is 12.4 Å². The number of thiophene rings is 1. The topological polar surface area (TPSA) is 57.7 Å². The van der Waals surface area contributed by atoms with Crippen LogP contribution in [0.2, 0.25) is 0 Å². The number of fused-ring (bicyclic) bond motifs is 3. The zero-order valence-corrected chi connectivity index (χ0v) is 10.9. The molecule has 3 heterocycles. The van der Waals surface area contributed by atoms with Crippen molar-refractivity contribution in [3.8, 4) is 0 Å². The van der Waals surface area contributed by atoms with Gasteiger partial charge in [0.25, 0.3) is 0 Å². The Labute approximate surface area is 106 Å². The normalized spacial score (nSPS) is 11.2. The molecule has 0 spiro atoms. The molecule has 0 aliphatic carbocycles. The van der Waals surface area contributed by atoms with Gasteiger partial charge in [-0.2, -0.15) is 0 Å². The molecule has 7 heteroatoms. The van der Waals surface area contributed by atoms with E-state index in [9.17, 15) is 0 Å². The van der Waals surface area contributed by atoms with E-state index in [1.165, 1.54) is 11.3 Å². The average molecular weight is 263 g/mol. The molecule has 86 valence electrons. The molecule has 1 N–H and O–H groups in total. The second-order valence-electron chi connectivity index (χ2n) is 3.78. The van der Waals surface area contributed by atoms with Crippen LogP contribution in [-0.4, -0.2) is 34.0 Å². The molecule has 3 aromatic heterocycles. The highest BCUT2D eigenvalue weighted by atomic mass is 32.1. The lowest BCUT2D eigenvalue weighted by atomic mass is 10.4. The Hall–Kier alpha value is -1.60. The van der Waals surface area contributed by atoms with Gasteiger partial charge in [-0.25, -0.2) is 15.0 Å². The summed E-state index contributed by atoms with van der Waals surface area (Å²) in [6, 6.07) is 0. The number of aromatic nitrogens is 4. The van der Waals surface area contributed by atoms with Crippen LogP contribution in [-0.2, 0) is 0 Å². The lowest BCUT2D eigenvalue weighted by molar-refractivity contribution is 1.01. The third kappa shape index (κ3) is 1.58. The lowest BCUT2D eigenvalue weighted by Crippen LogP contribution is -2.12. The quantitative estimate of drug-likeness (QED) is 0.683. The van der Waals surface area contributed by atoms with Crippen LogP contribution in [0.15, 0.2) is 12.4 Å². The molecule has 5 nitrogen and oxygen atoms in total. The Morgan fingerprint density at radius 3 is 2.82 bits per heavy atom. The van der Waals surface area contributed by atoms with Gasteiger partial charge >= 0.3 is 0 Å². The van der Waals surface area contributed by atoms with Gasteiger partial charge in [-0.05, 0) is 0 Å². The Kier molecular flexibility index (Phi) is 2.30. The number of H-pyrrole nitrogens is 1. The van der Waals surface area contributed by atoms with Gasteiger partial charge in [0.2, 0.25) is 5.95 Å². The van der Waals surface area contributed by atoms with Crippen LogP contribution in [0.25, 0.3) is 20.6 Å². The first-order chi connectivity index (χ1) is 8.16. The second kappa shape index (κ2) is 3.71. The molecule has 0 unspecified atom stereocenters. The maximum atomic E-state index is 5.30. The summed E-state index contributed by atoms with van der Waals surface area (Å²) in [5.74, 6) is 0.729. The third-order valence-electron chi connectivity index (χ3n) is 2.39. The highest BCUT2D eigenvalue weighted by Crippen LogP contribution is 2.30. The molecule has 0 atom stereocenters. The first kappa shape index (κ1) is 10.5. The van der Waals surface area contributed by atoms with Gasteiger partial charge in [-0.3, -0.25) is 0 Å². The van der Waals surface area contributed by atoms with E-state index < -0.39 is 0 Å². The molecule has 0 saturated carbocycles. The van der Waals surface area contributed by atoms with Gasteiger partial charge in [0.1, 0.15) is 15.0 Å². The Balaban J connectivity index is 2.50. The fourth-order valence-corrected chi connectivity index (χ4v) is 2.85. The van der Waals surface area contributed by atoms with Crippen molar-refractivity contribution in [2.75, 3.05) is 19.0 Å². The standard InChI is InChI=1S/C10H9N5S2/c1-15(2)10-13-5-6-9(12-4-3-11-6)17-7(5)8(16)14-10/h3-4H,1-2H3,(H,13,14,16). The zero-order valence-electron chi connectivity index (χ0n) is 9.26. The Bertz CT molecular complexity index is 758. The fourth-order valence-electron chi connectivity index (χ4n) is 1.59. The monoisotopic (exact) mass is 263 g/mol. The molecule has 3 aromatic rings. The van der Waals surface area contributed by atoms with Gasteiger partial charge in [0.15, 0.2) is 0 Å². The summed E-state index contributed by atoms with van der Waals surface area (Å²) in [6.45, 7) is 0. The average Bonchev–Trinajstić information content (AvgIpc) is 2.68. The van der Waals surface area contributed by atoms with E-state index in [1.807, 2.05) is 19.0 Å².